The molecule has 0 spiro atoms. The monoisotopic (exact) mass is 471 g/mol. The highest BCUT2D eigenvalue weighted by atomic mass is 35.5. The van der Waals surface area contributed by atoms with Gasteiger partial charge in [0.05, 0.1) is 13.2 Å². The van der Waals surface area contributed by atoms with Gasteiger partial charge < -0.3 is 18.0 Å². The second-order valence-corrected chi connectivity index (χ2v) is 11.5. The van der Waals surface area contributed by atoms with Crippen LogP contribution in [0.5, 0.6) is 0 Å². The number of hydrogen-bond donors (Lipinski definition) is 0. The number of hydrogen-bond acceptors (Lipinski definition) is 5. The number of rotatable bonds is 3. The summed E-state index contributed by atoms with van der Waals surface area (Å²) in [6, 6.07) is 14.8. The standard InChI is InChI=1S/C24H23ClNO5P/c1-24(2)13-30-32(28,31-14-24)22(15-8-10-16(25)11-9-15)18-12-29-23(27)21-20(18)17-6-4-5-7-19(17)26(21)3/h4-12,22H,13-14H2,1-3H3. The first-order valence-corrected chi connectivity index (χ1v) is 12.3. The fourth-order valence-corrected chi connectivity index (χ4v) is 6.92. The van der Waals surface area contributed by atoms with Crippen LogP contribution in [0.2, 0.25) is 5.02 Å². The van der Waals surface area contributed by atoms with E-state index in [1.54, 1.807) is 28.8 Å². The van der Waals surface area contributed by atoms with Gasteiger partial charge in [0.15, 0.2) is 0 Å². The normalized spacial score (nSPS) is 18.8. The molecule has 6 nitrogen and oxygen atoms in total. The SMILES string of the molecule is Cn1c2ccccc2c2c(C(c3ccc(Cl)cc3)P3(=O)OCC(C)(C)CO3)coc(=O)c21. The van der Waals surface area contributed by atoms with Crippen molar-refractivity contribution in [1.82, 2.24) is 4.57 Å². The van der Waals surface area contributed by atoms with E-state index in [0.29, 0.717) is 40.3 Å². The summed E-state index contributed by atoms with van der Waals surface area (Å²) in [6.07, 6.45) is 1.39. The van der Waals surface area contributed by atoms with E-state index in [9.17, 15) is 9.36 Å². The minimum atomic E-state index is -3.67. The van der Waals surface area contributed by atoms with Crippen molar-refractivity contribution in [2.24, 2.45) is 12.5 Å². The molecule has 166 valence electrons. The molecule has 8 heteroatoms. The van der Waals surface area contributed by atoms with E-state index in [4.69, 9.17) is 25.1 Å². The maximum Gasteiger partial charge on any atom is 0.360 e. The van der Waals surface area contributed by atoms with E-state index in [1.807, 2.05) is 45.2 Å². The number of aromatic nitrogens is 1. The molecule has 1 atom stereocenters. The Morgan fingerprint density at radius 2 is 1.72 bits per heavy atom. The number of para-hydroxylation sites is 1. The van der Waals surface area contributed by atoms with Crippen molar-refractivity contribution in [3.05, 3.63) is 81.4 Å². The van der Waals surface area contributed by atoms with E-state index in [2.05, 4.69) is 0 Å². The summed E-state index contributed by atoms with van der Waals surface area (Å²) in [6.45, 7) is 4.59. The van der Waals surface area contributed by atoms with Crippen molar-refractivity contribution in [2.75, 3.05) is 13.2 Å². The van der Waals surface area contributed by atoms with Gasteiger partial charge in [-0.05, 0) is 23.8 Å². The van der Waals surface area contributed by atoms with Crippen LogP contribution in [0.1, 0.15) is 30.6 Å². The van der Waals surface area contributed by atoms with Crippen molar-refractivity contribution in [3.63, 3.8) is 0 Å². The molecule has 4 aromatic rings. The van der Waals surface area contributed by atoms with Crippen LogP contribution < -0.4 is 5.63 Å². The van der Waals surface area contributed by atoms with Crippen LogP contribution in [-0.4, -0.2) is 17.8 Å². The van der Waals surface area contributed by atoms with E-state index in [-0.39, 0.29) is 5.41 Å². The van der Waals surface area contributed by atoms with Gasteiger partial charge in [0.1, 0.15) is 17.4 Å². The summed E-state index contributed by atoms with van der Waals surface area (Å²) in [5.74, 6) is 0. The van der Waals surface area contributed by atoms with Gasteiger partial charge in [0, 0.05) is 39.3 Å². The lowest BCUT2D eigenvalue weighted by atomic mass is 9.97. The van der Waals surface area contributed by atoms with Crippen LogP contribution in [0.4, 0.5) is 0 Å². The van der Waals surface area contributed by atoms with Crippen LogP contribution in [-0.2, 0) is 20.7 Å². The van der Waals surface area contributed by atoms with Gasteiger partial charge in [0.2, 0.25) is 0 Å². The van der Waals surface area contributed by atoms with Gasteiger partial charge in [-0.1, -0.05) is 55.8 Å². The lowest BCUT2D eigenvalue weighted by molar-refractivity contribution is 0.0391. The van der Waals surface area contributed by atoms with Crippen LogP contribution in [0.15, 0.2) is 64.0 Å². The van der Waals surface area contributed by atoms with Crippen LogP contribution in [0, 0.1) is 5.41 Å². The molecule has 1 saturated heterocycles. The second-order valence-electron chi connectivity index (χ2n) is 8.98. The number of nitrogens with zero attached hydrogens (tertiary/aromatic N) is 1. The van der Waals surface area contributed by atoms with E-state index >= 15 is 0 Å². The van der Waals surface area contributed by atoms with E-state index in [1.165, 1.54) is 6.26 Å². The van der Waals surface area contributed by atoms with Crippen molar-refractivity contribution in [1.29, 1.82) is 0 Å². The molecule has 0 amide bonds. The molecule has 5 rings (SSSR count). The van der Waals surface area contributed by atoms with Crippen molar-refractivity contribution >= 4 is 41.0 Å². The van der Waals surface area contributed by atoms with Crippen LogP contribution in [0.3, 0.4) is 0 Å². The first-order valence-electron chi connectivity index (χ1n) is 10.3. The molecule has 0 aliphatic carbocycles. The van der Waals surface area contributed by atoms with E-state index < -0.39 is 18.9 Å². The minimum Gasteiger partial charge on any atom is -0.429 e. The van der Waals surface area contributed by atoms with Crippen LogP contribution >= 0.6 is 19.2 Å². The number of aryl methyl sites for hydroxylation is 1. The summed E-state index contributed by atoms with van der Waals surface area (Å²) in [5, 5.41) is 2.12. The fourth-order valence-electron chi connectivity index (χ4n) is 4.29. The molecular formula is C24H23ClNO5P. The molecular weight excluding hydrogens is 449 g/mol. The number of halogens is 1. The maximum absolute atomic E-state index is 14.2. The Bertz CT molecular complexity index is 1420. The molecule has 0 N–H and O–H groups in total. The third-order valence-electron chi connectivity index (χ3n) is 5.95. The van der Waals surface area contributed by atoms with Crippen molar-refractivity contribution in [2.45, 2.75) is 19.5 Å². The van der Waals surface area contributed by atoms with Crippen molar-refractivity contribution < 1.29 is 18.0 Å². The Balaban J connectivity index is 1.82. The first-order chi connectivity index (χ1) is 15.2. The molecule has 1 unspecified atom stereocenters. The molecule has 1 aliphatic rings. The van der Waals surface area contributed by atoms with Gasteiger partial charge in [-0.15, -0.1) is 0 Å². The molecule has 2 aromatic heterocycles. The predicted octanol–water partition coefficient (Wildman–Crippen LogP) is 6.29. The Labute approximate surface area is 190 Å². The van der Waals surface area contributed by atoms with E-state index in [0.717, 1.165) is 10.9 Å². The summed E-state index contributed by atoms with van der Waals surface area (Å²) in [7, 11) is -1.84. The zero-order valence-corrected chi connectivity index (χ0v) is 19.7. The maximum atomic E-state index is 14.2. The van der Waals surface area contributed by atoms with Gasteiger partial charge >= 0.3 is 13.2 Å². The fraction of sp³-hybridized carbons (Fsp3) is 0.292. The molecule has 1 fully saturated rings. The average Bonchev–Trinajstić information content (AvgIpc) is 3.08. The smallest absolute Gasteiger partial charge is 0.360 e. The van der Waals surface area contributed by atoms with Gasteiger partial charge in [0.25, 0.3) is 0 Å². The summed E-state index contributed by atoms with van der Waals surface area (Å²) in [5.41, 5.74) is 1.09. The highest BCUT2D eigenvalue weighted by Gasteiger charge is 2.46. The highest BCUT2D eigenvalue weighted by molar-refractivity contribution is 7.54. The Hall–Kier alpha value is -2.37. The largest absolute Gasteiger partial charge is 0.429 e. The predicted molar refractivity (Wildman–Crippen MR) is 126 cm³/mol. The minimum absolute atomic E-state index is 0.254. The average molecular weight is 472 g/mol. The Morgan fingerprint density at radius 1 is 1.06 bits per heavy atom. The molecule has 0 saturated carbocycles. The lowest BCUT2D eigenvalue weighted by Gasteiger charge is -2.37. The summed E-state index contributed by atoms with van der Waals surface area (Å²) in [4.78, 5) is 12.7. The summed E-state index contributed by atoms with van der Waals surface area (Å²) >= 11 is 6.12. The Morgan fingerprint density at radius 3 is 2.41 bits per heavy atom. The molecule has 0 radical (unpaired) electrons. The number of benzene rings is 2. The van der Waals surface area contributed by atoms with Gasteiger partial charge in [-0.25, -0.2) is 4.79 Å². The second kappa shape index (κ2) is 7.60. The van der Waals surface area contributed by atoms with Crippen molar-refractivity contribution in [3.8, 4) is 0 Å². The molecule has 1 aliphatic heterocycles. The van der Waals surface area contributed by atoms with Gasteiger partial charge in [-0.3, -0.25) is 4.57 Å². The zero-order chi connectivity index (χ0) is 22.7. The molecule has 32 heavy (non-hydrogen) atoms. The third kappa shape index (κ3) is 3.43. The first kappa shape index (κ1) is 21.5. The molecule has 3 heterocycles. The molecule has 0 bridgehead atoms. The number of fused-ring (bicyclic) bond motifs is 3. The third-order valence-corrected chi connectivity index (χ3v) is 8.39. The zero-order valence-electron chi connectivity index (χ0n) is 18.0. The lowest BCUT2D eigenvalue weighted by Crippen LogP contribution is -2.31. The topological polar surface area (TPSA) is 70.7 Å². The molecule has 2 aromatic carbocycles. The Kier molecular flexibility index (Phi) is 5.10. The van der Waals surface area contributed by atoms with Crippen LogP contribution in [0.25, 0.3) is 21.8 Å². The summed E-state index contributed by atoms with van der Waals surface area (Å²) < 4.78 is 33.3. The highest BCUT2D eigenvalue weighted by Crippen LogP contribution is 2.67. The van der Waals surface area contributed by atoms with Gasteiger partial charge in [-0.2, -0.15) is 0 Å². The quantitative estimate of drug-likeness (QED) is 0.328.